The minimum atomic E-state index is -0.0166. The van der Waals surface area contributed by atoms with E-state index in [-0.39, 0.29) is 6.61 Å². The number of hydrogen-bond donors (Lipinski definition) is 1. The molecular weight excluding hydrogens is 230 g/mol. The molecule has 0 aliphatic heterocycles. The van der Waals surface area contributed by atoms with E-state index in [1.165, 1.54) is 0 Å². The SMILES string of the molecule is OCc1ccc2cccc(Br)c2n1. The van der Waals surface area contributed by atoms with Gasteiger partial charge in [-0.25, -0.2) is 4.98 Å². The van der Waals surface area contributed by atoms with Crippen LogP contribution in [0.2, 0.25) is 0 Å². The van der Waals surface area contributed by atoms with E-state index in [1.807, 2.05) is 30.3 Å². The van der Waals surface area contributed by atoms with Crippen LogP contribution in [0.1, 0.15) is 5.69 Å². The maximum absolute atomic E-state index is 8.91. The molecule has 2 aromatic rings. The second-order valence-corrected chi connectivity index (χ2v) is 3.63. The summed E-state index contributed by atoms with van der Waals surface area (Å²) < 4.78 is 0.959. The maximum atomic E-state index is 8.91. The number of nitrogens with zero attached hydrogens (tertiary/aromatic N) is 1. The van der Waals surface area contributed by atoms with Crippen LogP contribution in [0.3, 0.4) is 0 Å². The Morgan fingerprint density at radius 3 is 2.85 bits per heavy atom. The van der Waals surface area contributed by atoms with Gasteiger partial charge >= 0.3 is 0 Å². The number of pyridine rings is 1. The van der Waals surface area contributed by atoms with E-state index < -0.39 is 0 Å². The van der Waals surface area contributed by atoms with E-state index >= 15 is 0 Å². The number of benzene rings is 1. The zero-order valence-corrected chi connectivity index (χ0v) is 8.45. The lowest BCUT2D eigenvalue weighted by Crippen LogP contribution is -1.89. The highest BCUT2D eigenvalue weighted by atomic mass is 79.9. The Morgan fingerprint density at radius 1 is 1.23 bits per heavy atom. The number of aromatic nitrogens is 1. The smallest absolute Gasteiger partial charge is 0.0853 e. The number of para-hydroxylation sites is 1. The molecule has 13 heavy (non-hydrogen) atoms. The van der Waals surface area contributed by atoms with Gasteiger partial charge in [-0.2, -0.15) is 0 Å². The maximum Gasteiger partial charge on any atom is 0.0853 e. The standard InChI is InChI=1S/C10H8BrNO/c11-9-3-1-2-7-4-5-8(6-13)12-10(7)9/h1-5,13H,6H2. The van der Waals surface area contributed by atoms with Crippen molar-refractivity contribution in [3.63, 3.8) is 0 Å². The molecule has 0 spiro atoms. The van der Waals surface area contributed by atoms with E-state index in [0.29, 0.717) is 5.69 Å². The average Bonchev–Trinajstić information content (AvgIpc) is 2.18. The normalized spacial score (nSPS) is 10.6. The highest BCUT2D eigenvalue weighted by Gasteiger charge is 2.00. The molecule has 0 saturated heterocycles. The summed E-state index contributed by atoms with van der Waals surface area (Å²) in [4.78, 5) is 4.30. The Bertz CT molecular complexity index is 442. The van der Waals surface area contributed by atoms with Crippen molar-refractivity contribution in [1.29, 1.82) is 0 Å². The van der Waals surface area contributed by atoms with Gasteiger partial charge < -0.3 is 5.11 Å². The van der Waals surface area contributed by atoms with Gasteiger partial charge in [-0.1, -0.05) is 18.2 Å². The van der Waals surface area contributed by atoms with Crippen LogP contribution in [0.5, 0.6) is 0 Å². The Hall–Kier alpha value is -0.930. The first-order valence-electron chi connectivity index (χ1n) is 3.96. The first-order valence-corrected chi connectivity index (χ1v) is 4.75. The molecule has 0 radical (unpaired) electrons. The number of hydrogen-bond acceptors (Lipinski definition) is 2. The van der Waals surface area contributed by atoms with Crippen LogP contribution in [0.25, 0.3) is 10.9 Å². The van der Waals surface area contributed by atoms with Gasteiger partial charge in [0.2, 0.25) is 0 Å². The van der Waals surface area contributed by atoms with Crippen LogP contribution in [-0.4, -0.2) is 10.1 Å². The fourth-order valence-electron chi connectivity index (χ4n) is 1.24. The Kier molecular flexibility index (Phi) is 2.29. The summed E-state index contributed by atoms with van der Waals surface area (Å²) in [5.74, 6) is 0. The van der Waals surface area contributed by atoms with Gasteiger partial charge in [-0.05, 0) is 28.1 Å². The fourth-order valence-corrected chi connectivity index (χ4v) is 1.71. The molecule has 3 heteroatoms. The number of halogens is 1. The molecule has 1 aromatic carbocycles. The van der Waals surface area contributed by atoms with Crippen LogP contribution in [-0.2, 0) is 6.61 Å². The minimum absolute atomic E-state index is 0.0166. The summed E-state index contributed by atoms with van der Waals surface area (Å²) in [5, 5.41) is 9.99. The first-order chi connectivity index (χ1) is 6.31. The highest BCUT2D eigenvalue weighted by molar-refractivity contribution is 9.10. The Balaban J connectivity index is 2.74. The molecule has 0 fully saturated rings. The number of rotatable bonds is 1. The van der Waals surface area contributed by atoms with Crippen molar-refractivity contribution in [1.82, 2.24) is 4.98 Å². The molecule has 1 aromatic heterocycles. The molecule has 0 aliphatic rings. The molecule has 0 amide bonds. The molecule has 0 aliphatic carbocycles. The van der Waals surface area contributed by atoms with Crippen molar-refractivity contribution in [2.75, 3.05) is 0 Å². The van der Waals surface area contributed by atoms with Gasteiger partial charge in [-0.3, -0.25) is 0 Å². The van der Waals surface area contributed by atoms with Gasteiger partial charge in [0.25, 0.3) is 0 Å². The molecule has 66 valence electrons. The summed E-state index contributed by atoms with van der Waals surface area (Å²) in [7, 11) is 0. The van der Waals surface area contributed by atoms with Gasteiger partial charge in [0.15, 0.2) is 0 Å². The molecule has 2 nitrogen and oxygen atoms in total. The summed E-state index contributed by atoms with van der Waals surface area (Å²) in [6, 6.07) is 9.69. The van der Waals surface area contributed by atoms with Crippen molar-refractivity contribution in [3.8, 4) is 0 Å². The minimum Gasteiger partial charge on any atom is -0.390 e. The quantitative estimate of drug-likeness (QED) is 0.827. The number of aliphatic hydroxyl groups is 1. The van der Waals surface area contributed by atoms with Crippen LogP contribution >= 0.6 is 15.9 Å². The van der Waals surface area contributed by atoms with Gasteiger partial charge in [-0.15, -0.1) is 0 Å². The van der Waals surface area contributed by atoms with E-state index in [2.05, 4.69) is 20.9 Å². The number of fused-ring (bicyclic) bond motifs is 1. The number of aliphatic hydroxyl groups excluding tert-OH is 1. The lowest BCUT2D eigenvalue weighted by atomic mass is 10.2. The first kappa shape index (κ1) is 8.66. The molecule has 0 unspecified atom stereocenters. The Labute approximate surface area is 84.4 Å². The molecule has 0 bridgehead atoms. The molecule has 2 rings (SSSR count). The van der Waals surface area contributed by atoms with E-state index in [1.54, 1.807) is 0 Å². The molecular formula is C10H8BrNO. The van der Waals surface area contributed by atoms with E-state index in [0.717, 1.165) is 15.4 Å². The van der Waals surface area contributed by atoms with Crippen LogP contribution < -0.4 is 0 Å². The van der Waals surface area contributed by atoms with Crippen molar-refractivity contribution in [2.45, 2.75) is 6.61 Å². The van der Waals surface area contributed by atoms with Gasteiger partial charge in [0, 0.05) is 9.86 Å². The third-order valence-electron chi connectivity index (χ3n) is 1.89. The second kappa shape index (κ2) is 3.44. The Morgan fingerprint density at radius 2 is 2.08 bits per heavy atom. The van der Waals surface area contributed by atoms with E-state index in [9.17, 15) is 0 Å². The summed E-state index contributed by atoms with van der Waals surface area (Å²) in [6.45, 7) is -0.0166. The van der Waals surface area contributed by atoms with Gasteiger partial charge in [0.1, 0.15) is 0 Å². The van der Waals surface area contributed by atoms with Crippen molar-refractivity contribution >= 4 is 26.8 Å². The molecule has 1 heterocycles. The van der Waals surface area contributed by atoms with Crippen LogP contribution in [0, 0.1) is 0 Å². The lowest BCUT2D eigenvalue weighted by molar-refractivity contribution is 0.277. The topological polar surface area (TPSA) is 33.1 Å². The monoisotopic (exact) mass is 237 g/mol. The third-order valence-corrected chi connectivity index (χ3v) is 2.53. The van der Waals surface area contributed by atoms with Crippen LogP contribution in [0.4, 0.5) is 0 Å². The predicted molar refractivity (Wildman–Crippen MR) is 55.4 cm³/mol. The van der Waals surface area contributed by atoms with Crippen LogP contribution in [0.15, 0.2) is 34.8 Å². The van der Waals surface area contributed by atoms with Crippen molar-refractivity contribution in [3.05, 3.63) is 40.5 Å². The third kappa shape index (κ3) is 1.57. The highest BCUT2D eigenvalue weighted by Crippen LogP contribution is 2.21. The fraction of sp³-hybridized carbons (Fsp3) is 0.100. The zero-order valence-electron chi connectivity index (χ0n) is 6.87. The predicted octanol–water partition coefficient (Wildman–Crippen LogP) is 2.49. The van der Waals surface area contributed by atoms with Crippen molar-refractivity contribution in [2.24, 2.45) is 0 Å². The summed E-state index contributed by atoms with van der Waals surface area (Å²) in [5.41, 5.74) is 1.59. The van der Waals surface area contributed by atoms with E-state index in [4.69, 9.17) is 5.11 Å². The molecule has 1 N–H and O–H groups in total. The average molecular weight is 238 g/mol. The molecule has 0 saturated carbocycles. The largest absolute Gasteiger partial charge is 0.390 e. The van der Waals surface area contributed by atoms with Crippen molar-refractivity contribution < 1.29 is 5.11 Å². The summed E-state index contributed by atoms with van der Waals surface area (Å²) in [6.07, 6.45) is 0. The lowest BCUT2D eigenvalue weighted by Gasteiger charge is -2.01. The summed E-state index contributed by atoms with van der Waals surface area (Å²) >= 11 is 3.42. The molecule has 0 atom stereocenters. The second-order valence-electron chi connectivity index (χ2n) is 2.77. The zero-order chi connectivity index (χ0) is 9.26. The van der Waals surface area contributed by atoms with Gasteiger partial charge in [0.05, 0.1) is 17.8 Å².